The lowest BCUT2D eigenvalue weighted by atomic mass is 10.2. The second-order valence-corrected chi connectivity index (χ2v) is 3.57. The fourth-order valence-corrected chi connectivity index (χ4v) is 1.57. The number of hydrogen-bond acceptors (Lipinski definition) is 3. The molecule has 0 aliphatic carbocycles. The third-order valence-electron chi connectivity index (χ3n) is 2.09. The first-order valence-electron chi connectivity index (χ1n) is 5.29. The Labute approximate surface area is 101 Å². The van der Waals surface area contributed by atoms with Crippen molar-refractivity contribution in [2.24, 2.45) is 0 Å². The van der Waals surface area contributed by atoms with E-state index in [9.17, 15) is 0 Å². The Morgan fingerprint density at radius 1 is 1.19 bits per heavy atom. The Balaban J connectivity index is 2.97. The minimum absolute atomic E-state index is 0.401. The van der Waals surface area contributed by atoms with Gasteiger partial charge in [0, 0.05) is 23.8 Å². The average Bonchev–Trinajstić information content (AvgIpc) is 2.28. The lowest BCUT2D eigenvalue weighted by Crippen LogP contribution is -2.10. The van der Waals surface area contributed by atoms with Crippen LogP contribution in [0.1, 0.15) is 25.7 Å². The van der Waals surface area contributed by atoms with E-state index in [1.165, 1.54) is 0 Å². The van der Waals surface area contributed by atoms with Crippen molar-refractivity contribution in [3.05, 3.63) is 28.8 Å². The van der Waals surface area contributed by atoms with Crippen LogP contribution in [0.5, 0.6) is 5.75 Å². The van der Waals surface area contributed by atoms with Crippen molar-refractivity contribution in [1.82, 2.24) is 0 Å². The van der Waals surface area contributed by atoms with Crippen LogP contribution in [-0.2, 0) is 9.47 Å². The summed E-state index contributed by atoms with van der Waals surface area (Å²) in [7, 11) is 1.60. The fourth-order valence-electron chi connectivity index (χ4n) is 1.41. The lowest BCUT2D eigenvalue weighted by molar-refractivity contribution is -0.141. The van der Waals surface area contributed by atoms with Crippen molar-refractivity contribution in [1.29, 1.82) is 0 Å². The first-order chi connectivity index (χ1) is 7.72. The Kier molecular flexibility index (Phi) is 5.60. The zero-order valence-electron chi connectivity index (χ0n) is 9.83. The van der Waals surface area contributed by atoms with Crippen LogP contribution < -0.4 is 4.74 Å². The summed E-state index contributed by atoms with van der Waals surface area (Å²) in [5.74, 6) is 0.680. The molecule has 0 unspecified atom stereocenters. The van der Waals surface area contributed by atoms with Gasteiger partial charge < -0.3 is 14.2 Å². The zero-order chi connectivity index (χ0) is 12.0. The van der Waals surface area contributed by atoms with Crippen LogP contribution in [0.25, 0.3) is 0 Å². The van der Waals surface area contributed by atoms with Crippen LogP contribution in [0.15, 0.2) is 18.2 Å². The van der Waals surface area contributed by atoms with Gasteiger partial charge in [0.2, 0.25) is 0 Å². The van der Waals surface area contributed by atoms with E-state index < -0.39 is 6.29 Å². The largest absolute Gasteiger partial charge is 0.496 e. The molecule has 0 saturated carbocycles. The minimum Gasteiger partial charge on any atom is -0.496 e. The van der Waals surface area contributed by atoms with E-state index in [0.29, 0.717) is 24.0 Å². The summed E-state index contributed by atoms with van der Waals surface area (Å²) in [6.45, 7) is 5.01. The molecule has 0 amide bonds. The molecule has 4 heteroatoms. The molecule has 0 aromatic heterocycles. The predicted molar refractivity (Wildman–Crippen MR) is 64.0 cm³/mol. The summed E-state index contributed by atoms with van der Waals surface area (Å²) in [6.07, 6.45) is -0.401. The highest BCUT2D eigenvalue weighted by atomic mass is 35.5. The SMILES string of the molecule is CCOC(OCC)c1ccc(Cl)cc1OC. The van der Waals surface area contributed by atoms with Gasteiger partial charge >= 0.3 is 0 Å². The van der Waals surface area contributed by atoms with Gasteiger partial charge in [-0.1, -0.05) is 11.6 Å². The molecule has 0 spiro atoms. The highest BCUT2D eigenvalue weighted by molar-refractivity contribution is 6.30. The monoisotopic (exact) mass is 244 g/mol. The Hall–Kier alpha value is -0.770. The Morgan fingerprint density at radius 2 is 1.81 bits per heavy atom. The molecule has 0 aliphatic heterocycles. The number of ether oxygens (including phenoxy) is 3. The minimum atomic E-state index is -0.401. The first-order valence-corrected chi connectivity index (χ1v) is 5.67. The standard InChI is InChI=1S/C12H17ClO3/c1-4-15-12(16-5-2)10-7-6-9(13)8-11(10)14-3/h6-8,12H,4-5H2,1-3H3. The van der Waals surface area contributed by atoms with Crippen molar-refractivity contribution >= 4 is 11.6 Å². The van der Waals surface area contributed by atoms with E-state index in [4.69, 9.17) is 25.8 Å². The third-order valence-corrected chi connectivity index (χ3v) is 2.32. The lowest BCUT2D eigenvalue weighted by Gasteiger charge is -2.19. The predicted octanol–water partition coefficient (Wildman–Crippen LogP) is 3.42. The van der Waals surface area contributed by atoms with Gasteiger partial charge in [-0.3, -0.25) is 0 Å². The summed E-state index contributed by atoms with van der Waals surface area (Å²) in [4.78, 5) is 0. The molecule has 0 aliphatic rings. The van der Waals surface area contributed by atoms with E-state index >= 15 is 0 Å². The van der Waals surface area contributed by atoms with Crippen molar-refractivity contribution in [2.75, 3.05) is 20.3 Å². The van der Waals surface area contributed by atoms with Gasteiger partial charge in [-0.25, -0.2) is 0 Å². The van der Waals surface area contributed by atoms with Gasteiger partial charge in [-0.05, 0) is 32.0 Å². The Bertz CT molecular complexity index is 322. The number of benzene rings is 1. The first kappa shape index (κ1) is 13.3. The molecule has 0 N–H and O–H groups in total. The molecule has 0 heterocycles. The third kappa shape index (κ3) is 3.37. The van der Waals surface area contributed by atoms with Crippen LogP contribution >= 0.6 is 11.6 Å². The fraction of sp³-hybridized carbons (Fsp3) is 0.500. The van der Waals surface area contributed by atoms with Gasteiger partial charge in [0.25, 0.3) is 0 Å². The maximum atomic E-state index is 5.89. The second kappa shape index (κ2) is 6.74. The molecule has 16 heavy (non-hydrogen) atoms. The molecule has 3 nitrogen and oxygen atoms in total. The summed E-state index contributed by atoms with van der Waals surface area (Å²) < 4.78 is 16.3. The van der Waals surface area contributed by atoms with E-state index in [0.717, 1.165) is 5.56 Å². The van der Waals surface area contributed by atoms with Gasteiger partial charge in [-0.2, -0.15) is 0 Å². The topological polar surface area (TPSA) is 27.7 Å². The number of halogens is 1. The normalized spacial score (nSPS) is 10.8. The number of methoxy groups -OCH3 is 1. The van der Waals surface area contributed by atoms with E-state index in [2.05, 4.69) is 0 Å². The molecule has 0 saturated heterocycles. The average molecular weight is 245 g/mol. The highest BCUT2D eigenvalue weighted by Crippen LogP contribution is 2.31. The molecule has 1 aromatic carbocycles. The van der Waals surface area contributed by atoms with Crippen molar-refractivity contribution < 1.29 is 14.2 Å². The van der Waals surface area contributed by atoms with E-state index in [1.807, 2.05) is 19.9 Å². The number of hydrogen-bond donors (Lipinski definition) is 0. The van der Waals surface area contributed by atoms with Crippen molar-refractivity contribution in [3.63, 3.8) is 0 Å². The van der Waals surface area contributed by atoms with Gasteiger partial charge in [-0.15, -0.1) is 0 Å². The molecule has 1 rings (SSSR count). The van der Waals surface area contributed by atoms with Crippen LogP contribution in [0, 0.1) is 0 Å². The molecule has 0 fully saturated rings. The molecular weight excluding hydrogens is 228 g/mol. The summed E-state index contributed by atoms with van der Waals surface area (Å²) >= 11 is 5.89. The van der Waals surface area contributed by atoms with Crippen LogP contribution in [0.4, 0.5) is 0 Å². The van der Waals surface area contributed by atoms with Crippen molar-refractivity contribution in [2.45, 2.75) is 20.1 Å². The summed E-state index contributed by atoms with van der Waals surface area (Å²) in [5, 5.41) is 0.632. The smallest absolute Gasteiger partial charge is 0.187 e. The Morgan fingerprint density at radius 3 is 2.31 bits per heavy atom. The molecular formula is C12H17ClO3. The van der Waals surface area contributed by atoms with Gasteiger partial charge in [0.05, 0.1) is 7.11 Å². The maximum absolute atomic E-state index is 5.89. The highest BCUT2D eigenvalue weighted by Gasteiger charge is 2.16. The molecule has 0 radical (unpaired) electrons. The molecule has 0 atom stereocenters. The van der Waals surface area contributed by atoms with Crippen LogP contribution in [0.3, 0.4) is 0 Å². The maximum Gasteiger partial charge on any atom is 0.187 e. The van der Waals surface area contributed by atoms with Gasteiger partial charge in [0.1, 0.15) is 5.75 Å². The quantitative estimate of drug-likeness (QED) is 0.718. The second-order valence-electron chi connectivity index (χ2n) is 3.13. The van der Waals surface area contributed by atoms with E-state index in [1.54, 1.807) is 19.2 Å². The van der Waals surface area contributed by atoms with Gasteiger partial charge in [0.15, 0.2) is 6.29 Å². The van der Waals surface area contributed by atoms with Crippen LogP contribution in [-0.4, -0.2) is 20.3 Å². The molecule has 0 bridgehead atoms. The van der Waals surface area contributed by atoms with Crippen molar-refractivity contribution in [3.8, 4) is 5.75 Å². The van der Waals surface area contributed by atoms with Crippen LogP contribution in [0.2, 0.25) is 5.02 Å². The molecule has 1 aromatic rings. The zero-order valence-corrected chi connectivity index (χ0v) is 10.6. The summed E-state index contributed by atoms with van der Waals surface area (Å²) in [5.41, 5.74) is 0.857. The summed E-state index contributed by atoms with van der Waals surface area (Å²) in [6, 6.07) is 5.41. The molecule has 90 valence electrons. The van der Waals surface area contributed by atoms with E-state index in [-0.39, 0.29) is 0 Å². The number of rotatable bonds is 6.